The van der Waals surface area contributed by atoms with Gasteiger partial charge in [-0.15, -0.1) is 0 Å². The number of aromatic amines is 1. The average molecular weight is 385 g/mol. The van der Waals surface area contributed by atoms with Gasteiger partial charge in [-0.05, 0) is 48.9 Å². The summed E-state index contributed by atoms with van der Waals surface area (Å²) in [5.41, 5.74) is 1.29. The monoisotopic (exact) mass is 384 g/mol. The van der Waals surface area contributed by atoms with Gasteiger partial charge in [0, 0.05) is 23.0 Å². The van der Waals surface area contributed by atoms with Crippen LogP contribution in [0.2, 0.25) is 5.02 Å². The van der Waals surface area contributed by atoms with Gasteiger partial charge in [-0.25, -0.2) is 0 Å². The summed E-state index contributed by atoms with van der Waals surface area (Å²) in [5.74, 6) is 0.870. The zero-order valence-electron chi connectivity index (χ0n) is 14.7. The number of hydrogen-bond acceptors (Lipinski definition) is 4. The summed E-state index contributed by atoms with van der Waals surface area (Å²) >= 11 is 6.06. The maximum Gasteiger partial charge on any atom is 0.259 e. The largest absolute Gasteiger partial charge is 0.493 e. The van der Waals surface area contributed by atoms with Crippen molar-refractivity contribution in [3.8, 4) is 17.2 Å². The molecule has 0 spiro atoms. The Hall–Kier alpha value is -3.25. The Morgan fingerprint density at radius 3 is 2.56 bits per heavy atom. The number of anilines is 1. The number of carbonyl (C=O) groups is 1. The summed E-state index contributed by atoms with van der Waals surface area (Å²) in [4.78, 5) is 26.6. The SMILES string of the molecule is COc1cc(C)ccc1Oc1ccc(Cl)cc1C(=O)Nc1cc[nH]c(=O)c1. The second kappa shape index (κ2) is 7.97. The number of benzene rings is 2. The summed E-state index contributed by atoms with van der Waals surface area (Å²) in [6.07, 6.45) is 1.45. The predicted molar refractivity (Wildman–Crippen MR) is 104 cm³/mol. The minimum absolute atomic E-state index is 0.227. The van der Waals surface area contributed by atoms with Crippen LogP contribution in [0.25, 0.3) is 0 Å². The molecule has 1 amide bonds. The molecule has 0 unspecified atom stereocenters. The van der Waals surface area contributed by atoms with Crippen molar-refractivity contribution in [3.63, 3.8) is 0 Å². The number of methoxy groups -OCH3 is 1. The number of aryl methyl sites for hydroxylation is 1. The van der Waals surface area contributed by atoms with Gasteiger partial charge in [-0.2, -0.15) is 0 Å². The van der Waals surface area contributed by atoms with E-state index >= 15 is 0 Å². The van der Waals surface area contributed by atoms with Crippen LogP contribution in [-0.4, -0.2) is 18.0 Å². The lowest BCUT2D eigenvalue weighted by atomic mass is 10.1. The molecule has 0 aliphatic carbocycles. The molecule has 3 rings (SSSR count). The van der Waals surface area contributed by atoms with Crippen molar-refractivity contribution in [3.05, 3.63) is 81.2 Å². The first kappa shape index (κ1) is 18.5. The van der Waals surface area contributed by atoms with Crippen LogP contribution in [0.3, 0.4) is 0 Å². The molecule has 0 saturated carbocycles. The normalized spacial score (nSPS) is 10.3. The molecule has 0 saturated heterocycles. The van der Waals surface area contributed by atoms with Crippen LogP contribution >= 0.6 is 11.6 Å². The number of pyridine rings is 1. The summed E-state index contributed by atoms with van der Waals surface area (Å²) in [5, 5.41) is 3.04. The third-order valence-electron chi connectivity index (χ3n) is 3.76. The molecule has 6 nitrogen and oxygen atoms in total. The second-order valence-electron chi connectivity index (χ2n) is 5.79. The molecule has 3 aromatic rings. The topological polar surface area (TPSA) is 80.4 Å². The van der Waals surface area contributed by atoms with Crippen LogP contribution in [0.4, 0.5) is 5.69 Å². The van der Waals surface area contributed by atoms with E-state index in [1.54, 1.807) is 31.4 Å². The Balaban J connectivity index is 1.93. The Labute approximate surface area is 160 Å². The lowest BCUT2D eigenvalue weighted by Crippen LogP contribution is -2.15. The van der Waals surface area contributed by atoms with Gasteiger partial charge in [-0.1, -0.05) is 17.7 Å². The summed E-state index contributed by atoms with van der Waals surface area (Å²) in [6, 6.07) is 13.1. The van der Waals surface area contributed by atoms with Gasteiger partial charge in [0.05, 0.1) is 12.7 Å². The Morgan fingerprint density at radius 2 is 1.81 bits per heavy atom. The van der Waals surface area contributed by atoms with Crippen molar-refractivity contribution >= 4 is 23.2 Å². The van der Waals surface area contributed by atoms with Crippen LogP contribution in [0.15, 0.2) is 59.5 Å². The van der Waals surface area contributed by atoms with Crippen molar-refractivity contribution < 1.29 is 14.3 Å². The number of hydrogen-bond donors (Lipinski definition) is 2. The van der Waals surface area contributed by atoms with Crippen molar-refractivity contribution in [1.82, 2.24) is 4.98 Å². The minimum atomic E-state index is -0.454. The van der Waals surface area contributed by atoms with Crippen LogP contribution in [0, 0.1) is 6.92 Å². The maximum atomic E-state index is 12.7. The van der Waals surface area contributed by atoms with E-state index in [1.807, 2.05) is 19.1 Å². The van der Waals surface area contributed by atoms with Crippen LogP contribution in [0.1, 0.15) is 15.9 Å². The maximum absolute atomic E-state index is 12.7. The molecule has 0 atom stereocenters. The van der Waals surface area contributed by atoms with Gasteiger partial charge in [0.2, 0.25) is 5.56 Å². The van der Waals surface area contributed by atoms with Crippen LogP contribution in [-0.2, 0) is 0 Å². The molecule has 1 heterocycles. The number of halogens is 1. The molecule has 0 fully saturated rings. The molecule has 0 aliphatic rings. The molecule has 0 bridgehead atoms. The summed E-state index contributed by atoms with van der Waals surface area (Å²) in [6.45, 7) is 1.94. The molecule has 0 radical (unpaired) electrons. The van der Waals surface area contributed by atoms with Gasteiger partial charge in [0.1, 0.15) is 5.75 Å². The summed E-state index contributed by atoms with van der Waals surface area (Å²) < 4.78 is 11.3. The first-order valence-corrected chi connectivity index (χ1v) is 8.46. The van der Waals surface area contributed by atoms with Gasteiger partial charge in [0.15, 0.2) is 11.5 Å². The molecular formula is C20H17ClN2O4. The molecule has 138 valence electrons. The predicted octanol–water partition coefficient (Wildman–Crippen LogP) is 4.39. The Kier molecular flexibility index (Phi) is 5.47. The van der Waals surface area contributed by atoms with Gasteiger partial charge in [0.25, 0.3) is 5.91 Å². The highest BCUT2D eigenvalue weighted by atomic mass is 35.5. The third-order valence-corrected chi connectivity index (χ3v) is 3.99. The first-order chi connectivity index (χ1) is 13.0. The highest BCUT2D eigenvalue weighted by Gasteiger charge is 2.16. The van der Waals surface area contributed by atoms with Gasteiger partial charge < -0.3 is 19.8 Å². The van der Waals surface area contributed by atoms with Crippen molar-refractivity contribution in [2.45, 2.75) is 6.92 Å². The van der Waals surface area contributed by atoms with Crippen molar-refractivity contribution in [2.75, 3.05) is 12.4 Å². The molecule has 1 aromatic heterocycles. The Bertz CT molecular complexity index is 1050. The number of aromatic nitrogens is 1. The zero-order valence-corrected chi connectivity index (χ0v) is 15.5. The number of carbonyl (C=O) groups excluding carboxylic acids is 1. The molecule has 2 N–H and O–H groups in total. The number of ether oxygens (including phenoxy) is 2. The van der Waals surface area contributed by atoms with Crippen LogP contribution < -0.4 is 20.3 Å². The van der Waals surface area contributed by atoms with E-state index < -0.39 is 5.91 Å². The lowest BCUT2D eigenvalue weighted by molar-refractivity contribution is 0.102. The number of amides is 1. The van der Waals surface area contributed by atoms with Crippen molar-refractivity contribution in [1.29, 1.82) is 0 Å². The summed E-state index contributed by atoms with van der Waals surface area (Å²) in [7, 11) is 1.55. The number of rotatable bonds is 5. The van der Waals surface area contributed by atoms with E-state index in [0.717, 1.165) is 5.56 Å². The second-order valence-corrected chi connectivity index (χ2v) is 6.23. The van der Waals surface area contributed by atoms with Crippen LogP contribution in [0.5, 0.6) is 17.2 Å². The van der Waals surface area contributed by atoms with E-state index in [4.69, 9.17) is 21.1 Å². The standard InChI is InChI=1S/C20H17ClN2O4/c1-12-3-5-17(18(9-12)26-2)27-16-6-4-13(21)10-15(16)20(25)23-14-7-8-22-19(24)11-14/h3-11H,1-2H3,(H2,22,23,24,25). The number of H-pyrrole nitrogens is 1. The lowest BCUT2D eigenvalue weighted by Gasteiger charge is -2.14. The fourth-order valence-electron chi connectivity index (χ4n) is 2.47. The third kappa shape index (κ3) is 4.48. The van der Waals surface area contributed by atoms with E-state index in [-0.39, 0.29) is 11.1 Å². The molecule has 27 heavy (non-hydrogen) atoms. The van der Waals surface area contributed by atoms with Gasteiger partial charge in [-0.3, -0.25) is 9.59 Å². The van der Waals surface area contributed by atoms with E-state index in [9.17, 15) is 9.59 Å². The fraction of sp³-hybridized carbons (Fsp3) is 0.100. The van der Waals surface area contributed by atoms with E-state index in [1.165, 1.54) is 18.3 Å². The number of nitrogens with one attached hydrogen (secondary N) is 2. The van der Waals surface area contributed by atoms with E-state index in [2.05, 4.69) is 10.3 Å². The quantitative estimate of drug-likeness (QED) is 0.683. The van der Waals surface area contributed by atoms with E-state index in [0.29, 0.717) is 28.0 Å². The average Bonchev–Trinajstić information content (AvgIpc) is 2.64. The van der Waals surface area contributed by atoms with Crippen molar-refractivity contribution in [2.24, 2.45) is 0 Å². The molecule has 7 heteroatoms. The fourth-order valence-corrected chi connectivity index (χ4v) is 2.64. The Morgan fingerprint density at radius 1 is 1.04 bits per heavy atom. The highest BCUT2D eigenvalue weighted by molar-refractivity contribution is 6.31. The molecule has 0 aliphatic heterocycles. The zero-order chi connectivity index (χ0) is 19.4. The minimum Gasteiger partial charge on any atom is -0.493 e. The molecular weight excluding hydrogens is 368 g/mol. The smallest absolute Gasteiger partial charge is 0.259 e. The molecule has 2 aromatic carbocycles. The first-order valence-electron chi connectivity index (χ1n) is 8.08. The van der Waals surface area contributed by atoms with Gasteiger partial charge >= 0.3 is 0 Å². The highest BCUT2D eigenvalue weighted by Crippen LogP contribution is 2.35.